The molecular weight excluding hydrogens is 439 g/mol. The third-order valence-electron chi connectivity index (χ3n) is 5.57. The van der Waals surface area contributed by atoms with Crippen molar-refractivity contribution >= 4 is 28.9 Å². The molecule has 0 aliphatic heterocycles. The Morgan fingerprint density at radius 1 is 1.06 bits per heavy atom. The summed E-state index contributed by atoms with van der Waals surface area (Å²) in [6.07, 6.45) is -1.51. The van der Waals surface area contributed by atoms with E-state index in [0.29, 0.717) is 23.8 Å². The summed E-state index contributed by atoms with van der Waals surface area (Å²) < 4.78 is 41.6. The Labute approximate surface area is 187 Å². The van der Waals surface area contributed by atoms with Gasteiger partial charge in [-0.1, -0.05) is 41.4 Å². The van der Waals surface area contributed by atoms with Gasteiger partial charge in [-0.05, 0) is 49.9 Å². The Balaban J connectivity index is 1.56. The van der Waals surface area contributed by atoms with Gasteiger partial charge >= 0.3 is 6.18 Å². The van der Waals surface area contributed by atoms with Gasteiger partial charge in [0, 0.05) is 17.7 Å². The maximum absolute atomic E-state index is 13.3. The first-order chi connectivity index (χ1) is 15.3. The van der Waals surface area contributed by atoms with Crippen LogP contribution < -0.4 is 5.32 Å². The number of alkyl halides is 3. The van der Waals surface area contributed by atoms with E-state index in [0.717, 1.165) is 42.1 Å². The van der Waals surface area contributed by atoms with Crippen molar-refractivity contribution in [2.24, 2.45) is 0 Å². The van der Waals surface area contributed by atoms with Crippen LogP contribution in [0.4, 0.5) is 24.7 Å². The number of hydrogen-bond donors (Lipinski definition) is 1. The van der Waals surface area contributed by atoms with E-state index < -0.39 is 11.7 Å². The molecule has 1 N–H and O–H groups in total. The van der Waals surface area contributed by atoms with Crippen LogP contribution in [0.3, 0.4) is 0 Å². The number of nitrogens with one attached hydrogen (secondary N) is 1. The molecule has 1 aliphatic rings. The zero-order chi connectivity index (χ0) is 22.5. The van der Waals surface area contributed by atoms with Crippen LogP contribution in [-0.2, 0) is 25.4 Å². The summed E-state index contributed by atoms with van der Waals surface area (Å²) >= 11 is 5.78. The molecule has 0 amide bonds. The number of fused-ring (bicyclic) bond motifs is 2. The largest absolute Gasteiger partial charge is 0.417 e. The number of halogens is 4. The van der Waals surface area contributed by atoms with Crippen LogP contribution in [-0.4, -0.2) is 19.6 Å². The fourth-order valence-corrected chi connectivity index (χ4v) is 4.20. The average molecular weight is 458 g/mol. The van der Waals surface area contributed by atoms with E-state index in [4.69, 9.17) is 11.6 Å². The number of anilines is 2. The van der Waals surface area contributed by atoms with Crippen molar-refractivity contribution in [2.45, 2.75) is 38.8 Å². The van der Waals surface area contributed by atoms with Crippen LogP contribution in [0.25, 0.3) is 5.78 Å². The molecule has 1 aliphatic carbocycles. The molecule has 2 aromatic carbocycles. The minimum atomic E-state index is -4.54. The van der Waals surface area contributed by atoms with Gasteiger partial charge in [-0.15, -0.1) is 5.10 Å². The van der Waals surface area contributed by atoms with Crippen LogP contribution in [0.5, 0.6) is 0 Å². The number of hydrogen-bond acceptors (Lipinski definition) is 4. The summed E-state index contributed by atoms with van der Waals surface area (Å²) in [5.41, 5.74) is 3.49. The summed E-state index contributed by atoms with van der Waals surface area (Å²) in [6, 6.07) is 11.9. The van der Waals surface area contributed by atoms with E-state index in [1.165, 1.54) is 17.7 Å². The topological polar surface area (TPSA) is 55.1 Å². The normalized spacial score (nSPS) is 13.5. The van der Waals surface area contributed by atoms with Gasteiger partial charge in [-0.3, -0.25) is 0 Å². The summed E-state index contributed by atoms with van der Waals surface area (Å²) in [7, 11) is 0. The lowest BCUT2D eigenvalue weighted by Gasteiger charge is -2.15. The minimum Gasteiger partial charge on any atom is -0.340 e. The Bertz CT molecular complexity index is 1310. The third-order valence-corrected chi connectivity index (χ3v) is 5.90. The lowest BCUT2D eigenvalue weighted by Crippen LogP contribution is -2.09. The van der Waals surface area contributed by atoms with Crippen LogP contribution in [0.1, 0.15) is 40.2 Å². The number of benzene rings is 2. The van der Waals surface area contributed by atoms with Gasteiger partial charge in [0.1, 0.15) is 5.82 Å². The Hall–Kier alpha value is -3.13. The SMILES string of the molecule is Cc1ccc(Cc2nc3nc4c(c(Nc5ccc(Cl)c(C(F)(F)F)c5)n3n2)CCC4)cc1. The highest BCUT2D eigenvalue weighted by Gasteiger charge is 2.33. The van der Waals surface area contributed by atoms with E-state index >= 15 is 0 Å². The molecule has 0 saturated heterocycles. The molecule has 9 heteroatoms. The molecule has 0 spiro atoms. The molecule has 2 heterocycles. The first kappa shape index (κ1) is 20.8. The van der Waals surface area contributed by atoms with Gasteiger partial charge in [0.15, 0.2) is 5.82 Å². The van der Waals surface area contributed by atoms with Gasteiger partial charge < -0.3 is 5.32 Å². The highest BCUT2D eigenvalue weighted by Crippen LogP contribution is 2.37. The van der Waals surface area contributed by atoms with E-state index in [1.54, 1.807) is 4.52 Å². The highest BCUT2D eigenvalue weighted by molar-refractivity contribution is 6.31. The second-order valence-electron chi connectivity index (χ2n) is 7.96. The Kier molecular flexibility index (Phi) is 5.04. The fraction of sp³-hybridized carbons (Fsp3) is 0.261. The zero-order valence-corrected chi connectivity index (χ0v) is 17.9. The molecule has 5 rings (SSSR count). The Morgan fingerprint density at radius 3 is 2.59 bits per heavy atom. The second-order valence-corrected chi connectivity index (χ2v) is 8.37. The van der Waals surface area contributed by atoms with E-state index in [-0.39, 0.29) is 10.7 Å². The second kappa shape index (κ2) is 7.78. The maximum atomic E-state index is 13.3. The van der Waals surface area contributed by atoms with Crippen LogP contribution in [0, 0.1) is 6.92 Å². The summed E-state index contributed by atoms with van der Waals surface area (Å²) in [6.45, 7) is 2.03. The smallest absolute Gasteiger partial charge is 0.340 e. The monoisotopic (exact) mass is 457 g/mol. The van der Waals surface area contributed by atoms with Crippen molar-refractivity contribution < 1.29 is 13.2 Å². The molecule has 0 bridgehead atoms. The van der Waals surface area contributed by atoms with Crippen molar-refractivity contribution in [1.29, 1.82) is 0 Å². The Morgan fingerprint density at radius 2 is 1.84 bits per heavy atom. The van der Waals surface area contributed by atoms with Gasteiger partial charge in [-0.25, -0.2) is 4.98 Å². The van der Waals surface area contributed by atoms with Gasteiger partial charge in [0.25, 0.3) is 5.78 Å². The predicted molar refractivity (Wildman–Crippen MR) is 117 cm³/mol. The van der Waals surface area contributed by atoms with Crippen LogP contribution in [0.2, 0.25) is 5.02 Å². The molecular formula is C23H19ClF3N5. The summed E-state index contributed by atoms with van der Waals surface area (Å²) in [5, 5.41) is 7.42. The molecule has 164 valence electrons. The molecule has 2 aromatic heterocycles. The van der Waals surface area contributed by atoms with E-state index in [1.807, 2.05) is 31.2 Å². The van der Waals surface area contributed by atoms with E-state index in [9.17, 15) is 13.2 Å². The van der Waals surface area contributed by atoms with Gasteiger partial charge in [0.05, 0.1) is 16.3 Å². The third kappa shape index (κ3) is 3.90. The fourth-order valence-electron chi connectivity index (χ4n) is 3.97. The molecule has 0 radical (unpaired) electrons. The van der Waals surface area contributed by atoms with Gasteiger partial charge in [-0.2, -0.15) is 22.7 Å². The maximum Gasteiger partial charge on any atom is 0.417 e. The minimum absolute atomic E-state index is 0.277. The lowest BCUT2D eigenvalue weighted by atomic mass is 10.1. The molecule has 0 unspecified atom stereocenters. The van der Waals surface area contributed by atoms with Crippen molar-refractivity contribution in [3.05, 3.63) is 81.3 Å². The zero-order valence-electron chi connectivity index (χ0n) is 17.2. The molecule has 0 atom stereocenters. The van der Waals surface area contributed by atoms with Crippen molar-refractivity contribution in [3.8, 4) is 0 Å². The number of aromatic nitrogens is 4. The van der Waals surface area contributed by atoms with E-state index in [2.05, 4.69) is 20.4 Å². The number of aryl methyl sites for hydroxylation is 2. The highest BCUT2D eigenvalue weighted by atomic mass is 35.5. The first-order valence-corrected chi connectivity index (χ1v) is 10.6. The predicted octanol–water partition coefficient (Wildman–Crippen LogP) is 5.93. The molecule has 0 fully saturated rings. The molecule has 5 nitrogen and oxygen atoms in total. The van der Waals surface area contributed by atoms with Crippen LogP contribution >= 0.6 is 11.6 Å². The molecule has 0 saturated carbocycles. The summed E-state index contributed by atoms with van der Waals surface area (Å²) in [5.74, 6) is 1.63. The number of rotatable bonds is 4. The van der Waals surface area contributed by atoms with Crippen molar-refractivity contribution in [3.63, 3.8) is 0 Å². The lowest BCUT2D eigenvalue weighted by molar-refractivity contribution is -0.137. The standard InChI is InChI=1S/C23H19ClF3N5/c1-13-5-7-14(8-6-13)11-20-30-22-29-19-4-2-3-16(19)21(32(22)31-20)28-15-9-10-18(24)17(12-15)23(25,26)27/h5-10,12,28H,2-4,11H2,1H3. The average Bonchev–Trinajstić information content (AvgIpc) is 3.36. The quantitative estimate of drug-likeness (QED) is 0.413. The first-order valence-electron chi connectivity index (χ1n) is 10.2. The summed E-state index contributed by atoms with van der Waals surface area (Å²) in [4.78, 5) is 9.23. The van der Waals surface area contributed by atoms with Gasteiger partial charge in [0.2, 0.25) is 0 Å². The number of nitrogens with zero attached hydrogens (tertiary/aromatic N) is 4. The molecule has 32 heavy (non-hydrogen) atoms. The van der Waals surface area contributed by atoms with Crippen molar-refractivity contribution in [1.82, 2.24) is 19.6 Å². The van der Waals surface area contributed by atoms with Crippen LogP contribution in [0.15, 0.2) is 42.5 Å². The molecule has 4 aromatic rings. The van der Waals surface area contributed by atoms with Crippen molar-refractivity contribution in [2.75, 3.05) is 5.32 Å².